The van der Waals surface area contributed by atoms with Gasteiger partial charge in [-0.3, -0.25) is 13.9 Å². The van der Waals surface area contributed by atoms with Crippen LogP contribution in [0.3, 0.4) is 0 Å². The van der Waals surface area contributed by atoms with E-state index in [1.165, 1.54) is 4.90 Å². The number of hydrogen-bond acceptors (Lipinski definition) is 4. The molecule has 0 aliphatic carbocycles. The van der Waals surface area contributed by atoms with Gasteiger partial charge in [0.05, 0.1) is 22.5 Å². The van der Waals surface area contributed by atoms with Crippen molar-refractivity contribution in [3.63, 3.8) is 0 Å². The summed E-state index contributed by atoms with van der Waals surface area (Å²) in [6.07, 6.45) is -3.90. The molecule has 0 aromatic heterocycles. The van der Waals surface area contributed by atoms with E-state index in [2.05, 4.69) is 21.2 Å². The van der Waals surface area contributed by atoms with Crippen molar-refractivity contribution in [3.05, 3.63) is 99.0 Å². The first-order valence-electron chi connectivity index (χ1n) is 12.4. The number of likely N-dealkylation sites (N-methyl/N-ethyl adjacent to an activating group) is 1. The van der Waals surface area contributed by atoms with Crippen molar-refractivity contribution in [2.75, 3.05) is 23.7 Å². The number of amides is 2. The van der Waals surface area contributed by atoms with Crippen LogP contribution in [-0.4, -0.2) is 50.5 Å². The fraction of sp³-hybridized carbons (Fsp3) is 0.286. The molecule has 0 aliphatic heterocycles. The van der Waals surface area contributed by atoms with Crippen molar-refractivity contribution >= 4 is 55.1 Å². The molecule has 1 unspecified atom stereocenters. The monoisotopic (exact) mass is 673 g/mol. The van der Waals surface area contributed by atoms with Gasteiger partial charge in [0.15, 0.2) is 0 Å². The van der Waals surface area contributed by atoms with Crippen molar-refractivity contribution in [3.8, 4) is 0 Å². The number of hydrogen-bond donors (Lipinski definition) is 1. The zero-order valence-electron chi connectivity index (χ0n) is 22.2. The maximum atomic E-state index is 13.9. The first kappa shape index (κ1) is 32.4. The molecule has 0 heterocycles. The SMILES string of the molecule is CCNC(=O)C(Cc1ccccc1)N(Cc1ccc(Br)cc1)C(=O)CN(c1cc(C(F)(F)F)ccc1Cl)S(C)(=O)=O. The second-order valence-corrected chi connectivity index (χ2v) is 12.4. The summed E-state index contributed by atoms with van der Waals surface area (Å²) in [5.41, 5.74) is -0.238. The largest absolute Gasteiger partial charge is 0.416 e. The lowest BCUT2D eigenvalue weighted by Gasteiger charge is -2.33. The van der Waals surface area contributed by atoms with Crippen molar-refractivity contribution < 1.29 is 31.2 Å². The van der Waals surface area contributed by atoms with Crippen LogP contribution >= 0.6 is 27.5 Å². The van der Waals surface area contributed by atoms with Crippen molar-refractivity contribution in [1.29, 1.82) is 0 Å². The molecule has 0 fully saturated rings. The average molecular weight is 675 g/mol. The lowest BCUT2D eigenvalue weighted by molar-refractivity contribution is -0.140. The van der Waals surface area contributed by atoms with E-state index in [4.69, 9.17) is 11.6 Å². The minimum atomic E-state index is -4.78. The van der Waals surface area contributed by atoms with Gasteiger partial charge < -0.3 is 10.2 Å². The number of anilines is 1. The zero-order chi connectivity index (χ0) is 30.4. The summed E-state index contributed by atoms with van der Waals surface area (Å²) >= 11 is 9.50. The van der Waals surface area contributed by atoms with Gasteiger partial charge in [-0.15, -0.1) is 0 Å². The highest BCUT2D eigenvalue weighted by Gasteiger charge is 2.35. The van der Waals surface area contributed by atoms with Gasteiger partial charge in [0.1, 0.15) is 12.6 Å². The highest BCUT2D eigenvalue weighted by Crippen LogP contribution is 2.36. The summed E-state index contributed by atoms with van der Waals surface area (Å²) in [6.45, 7) is 1.04. The molecule has 0 radical (unpaired) electrons. The molecule has 1 N–H and O–H groups in total. The fourth-order valence-corrected chi connectivity index (χ4v) is 5.49. The van der Waals surface area contributed by atoms with E-state index in [0.717, 1.165) is 28.4 Å². The van der Waals surface area contributed by atoms with Crippen molar-refractivity contribution in [2.45, 2.75) is 32.1 Å². The number of nitrogens with one attached hydrogen (secondary N) is 1. The zero-order valence-corrected chi connectivity index (χ0v) is 25.3. The van der Waals surface area contributed by atoms with Crippen LogP contribution in [0.1, 0.15) is 23.6 Å². The number of rotatable bonds is 11. The van der Waals surface area contributed by atoms with E-state index in [9.17, 15) is 31.2 Å². The van der Waals surface area contributed by atoms with Gasteiger partial charge in [-0.1, -0.05) is 70.0 Å². The van der Waals surface area contributed by atoms with Crippen molar-refractivity contribution in [1.82, 2.24) is 10.2 Å². The molecule has 7 nitrogen and oxygen atoms in total. The molecular weight excluding hydrogens is 647 g/mol. The van der Waals surface area contributed by atoms with Crippen LogP contribution in [0.25, 0.3) is 0 Å². The van der Waals surface area contributed by atoms with Gasteiger partial charge in [0, 0.05) is 24.0 Å². The Morgan fingerprint density at radius 3 is 2.20 bits per heavy atom. The Kier molecular flexibility index (Phi) is 10.8. The molecule has 0 saturated carbocycles. The van der Waals surface area contributed by atoms with Gasteiger partial charge in [-0.25, -0.2) is 8.42 Å². The van der Waals surface area contributed by atoms with E-state index < -0.39 is 51.9 Å². The number of carbonyl (C=O) groups excluding carboxylic acids is 2. The third-order valence-electron chi connectivity index (χ3n) is 6.11. The second-order valence-electron chi connectivity index (χ2n) is 9.18. The van der Waals surface area contributed by atoms with Gasteiger partial charge >= 0.3 is 6.18 Å². The molecule has 2 amide bonds. The lowest BCUT2D eigenvalue weighted by Crippen LogP contribution is -2.53. The Balaban J connectivity index is 2.09. The number of benzene rings is 3. The second kappa shape index (κ2) is 13.7. The van der Waals surface area contributed by atoms with E-state index in [-0.39, 0.29) is 24.5 Å². The Hall–Kier alpha value is -3.09. The first-order valence-corrected chi connectivity index (χ1v) is 15.4. The number of sulfonamides is 1. The molecule has 13 heteroatoms. The summed E-state index contributed by atoms with van der Waals surface area (Å²) in [7, 11) is -4.30. The van der Waals surface area contributed by atoms with Gasteiger partial charge in [-0.2, -0.15) is 13.2 Å². The lowest BCUT2D eigenvalue weighted by atomic mass is 10.0. The van der Waals surface area contributed by atoms with Crippen LogP contribution in [0.4, 0.5) is 18.9 Å². The number of nitrogens with zero attached hydrogens (tertiary/aromatic N) is 2. The predicted octanol–water partition coefficient (Wildman–Crippen LogP) is 5.66. The molecule has 0 saturated heterocycles. The summed E-state index contributed by atoms with van der Waals surface area (Å²) in [5.74, 6) is -1.27. The van der Waals surface area contributed by atoms with Crippen LogP contribution in [0.5, 0.6) is 0 Å². The molecule has 0 aliphatic rings. The normalized spacial score (nSPS) is 12.5. The molecule has 0 spiro atoms. The van der Waals surface area contributed by atoms with E-state index >= 15 is 0 Å². The third-order valence-corrected chi connectivity index (χ3v) is 8.08. The van der Waals surface area contributed by atoms with Crippen LogP contribution in [0, 0.1) is 0 Å². The van der Waals surface area contributed by atoms with E-state index in [0.29, 0.717) is 15.9 Å². The average Bonchev–Trinajstić information content (AvgIpc) is 2.90. The van der Waals surface area contributed by atoms with Crippen LogP contribution in [-0.2, 0) is 38.8 Å². The molecule has 3 aromatic rings. The van der Waals surface area contributed by atoms with E-state index in [1.54, 1.807) is 61.5 Å². The Morgan fingerprint density at radius 1 is 1.00 bits per heavy atom. The fourth-order valence-electron chi connectivity index (χ4n) is 4.11. The third kappa shape index (κ3) is 8.95. The molecule has 220 valence electrons. The molecule has 1 atom stereocenters. The Labute approximate surface area is 250 Å². The van der Waals surface area contributed by atoms with Crippen LogP contribution in [0.2, 0.25) is 5.02 Å². The van der Waals surface area contributed by atoms with Gasteiger partial charge in [-0.05, 0) is 48.4 Å². The maximum absolute atomic E-state index is 13.9. The predicted molar refractivity (Wildman–Crippen MR) is 156 cm³/mol. The Morgan fingerprint density at radius 2 is 1.63 bits per heavy atom. The van der Waals surface area contributed by atoms with Gasteiger partial charge in [0.2, 0.25) is 21.8 Å². The summed E-state index contributed by atoms with van der Waals surface area (Å²) < 4.78 is 67.3. The van der Waals surface area contributed by atoms with Crippen LogP contribution in [0.15, 0.2) is 77.3 Å². The first-order chi connectivity index (χ1) is 19.2. The minimum Gasteiger partial charge on any atom is -0.355 e. The van der Waals surface area contributed by atoms with Crippen molar-refractivity contribution in [2.24, 2.45) is 0 Å². The highest BCUT2D eigenvalue weighted by molar-refractivity contribution is 9.10. The molecule has 0 bridgehead atoms. The standard InChI is InChI=1S/C28H28BrClF3N3O4S/c1-3-34-27(38)25(15-19-7-5-4-6-8-19)35(17-20-9-12-22(29)13-10-20)26(37)18-36(41(2,39)40)24-16-21(28(31,32)33)11-14-23(24)30/h4-14,16,25H,3,15,17-18H2,1-2H3,(H,34,38). The molecule has 41 heavy (non-hydrogen) atoms. The quantitative estimate of drug-likeness (QED) is 0.284. The molecule has 3 aromatic carbocycles. The van der Waals surface area contributed by atoms with E-state index in [1.807, 2.05) is 0 Å². The highest BCUT2D eigenvalue weighted by atomic mass is 79.9. The molecule has 3 rings (SSSR count). The maximum Gasteiger partial charge on any atom is 0.416 e. The van der Waals surface area contributed by atoms with Gasteiger partial charge in [0.25, 0.3) is 0 Å². The van der Waals surface area contributed by atoms with Crippen LogP contribution < -0.4 is 9.62 Å². The molecular formula is C28H28BrClF3N3O4S. The smallest absolute Gasteiger partial charge is 0.355 e. The topological polar surface area (TPSA) is 86.8 Å². The number of halogens is 5. The number of alkyl halides is 3. The summed E-state index contributed by atoms with van der Waals surface area (Å²) in [4.78, 5) is 28.5. The minimum absolute atomic E-state index is 0.0747. The number of carbonyl (C=O) groups is 2. The summed E-state index contributed by atoms with van der Waals surface area (Å²) in [6, 6.07) is 17.1. The Bertz CT molecular complexity index is 1470. The summed E-state index contributed by atoms with van der Waals surface area (Å²) in [5, 5.41) is 2.43.